The fourth-order valence-electron chi connectivity index (χ4n) is 2.92. The molecular formula is C18H22N4O3. The van der Waals surface area contributed by atoms with E-state index in [0.717, 1.165) is 32.3 Å². The van der Waals surface area contributed by atoms with Crippen LogP contribution in [0.4, 0.5) is 0 Å². The molecule has 0 saturated carbocycles. The van der Waals surface area contributed by atoms with Crippen LogP contribution in [0.25, 0.3) is 11.5 Å². The molecule has 3 rings (SSSR count). The van der Waals surface area contributed by atoms with Crippen LogP contribution < -0.4 is 5.56 Å². The van der Waals surface area contributed by atoms with Crippen LogP contribution in [0.3, 0.4) is 0 Å². The molecule has 1 atom stereocenters. The highest BCUT2D eigenvalue weighted by Crippen LogP contribution is 2.17. The SMILES string of the molecule is CN(CCC[C@H]1CCCO1)C(=O)c1cnc(-c2ccccn2)[nH]c1=O. The Balaban J connectivity index is 1.62. The van der Waals surface area contributed by atoms with Gasteiger partial charge < -0.3 is 14.6 Å². The Hall–Kier alpha value is -2.54. The molecule has 0 aromatic carbocycles. The molecule has 0 aliphatic carbocycles. The van der Waals surface area contributed by atoms with E-state index in [4.69, 9.17) is 4.74 Å². The molecule has 7 nitrogen and oxygen atoms in total. The summed E-state index contributed by atoms with van der Waals surface area (Å²) in [5.41, 5.74) is 0.148. The Kier molecular flexibility index (Phi) is 5.55. The van der Waals surface area contributed by atoms with Crippen molar-refractivity contribution in [1.29, 1.82) is 0 Å². The van der Waals surface area contributed by atoms with Crippen LogP contribution in [0.5, 0.6) is 0 Å². The van der Waals surface area contributed by atoms with Crippen LogP contribution in [-0.2, 0) is 4.74 Å². The number of rotatable bonds is 6. The number of aromatic amines is 1. The number of pyridine rings is 1. The second-order valence-corrected chi connectivity index (χ2v) is 6.19. The zero-order valence-electron chi connectivity index (χ0n) is 14.3. The molecule has 0 unspecified atom stereocenters. The van der Waals surface area contributed by atoms with E-state index in [0.29, 0.717) is 24.2 Å². The fourth-order valence-corrected chi connectivity index (χ4v) is 2.92. The summed E-state index contributed by atoms with van der Waals surface area (Å²) in [7, 11) is 1.70. The lowest BCUT2D eigenvalue weighted by Gasteiger charge is -2.17. The first-order valence-electron chi connectivity index (χ1n) is 8.53. The van der Waals surface area contributed by atoms with Crippen molar-refractivity contribution in [2.45, 2.75) is 31.8 Å². The van der Waals surface area contributed by atoms with Crippen LogP contribution in [-0.4, -0.2) is 52.1 Å². The summed E-state index contributed by atoms with van der Waals surface area (Å²) in [5, 5.41) is 0. The Morgan fingerprint density at radius 2 is 2.28 bits per heavy atom. The predicted molar refractivity (Wildman–Crippen MR) is 93.3 cm³/mol. The Bertz CT molecular complexity index is 769. The second-order valence-electron chi connectivity index (χ2n) is 6.19. The van der Waals surface area contributed by atoms with Crippen molar-refractivity contribution in [3.05, 3.63) is 46.5 Å². The van der Waals surface area contributed by atoms with E-state index < -0.39 is 5.56 Å². The van der Waals surface area contributed by atoms with Crippen molar-refractivity contribution >= 4 is 5.91 Å². The molecular weight excluding hydrogens is 320 g/mol. The smallest absolute Gasteiger partial charge is 0.264 e. The molecule has 7 heteroatoms. The van der Waals surface area contributed by atoms with E-state index in [9.17, 15) is 9.59 Å². The Labute approximate surface area is 146 Å². The number of hydrogen-bond donors (Lipinski definition) is 1. The lowest BCUT2D eigenvalue weighted by molar-refractivity contribution is 0.0761. The largest absolute Gasteiger partial charge is 0.378 e. The van der Waals surface area contributed by atoms with Gasteiger partial charge in [-0.1, -0.05) is 6.07 Å². The summed E-state index contributed by atoms with van der Waals surface area (Å²) in [6.45, 7) is 1.42. The normalized spacial score (nSPS) is 16.8. The first kappa shape index (κ1) is 17.3. The molecule has 0 spiro atoms. The molecule has 1 aliphatic rings. The van der Waals surface area contributed by atoms with Crippen LogP contribution in [0.15, 0.2) is 35.4 Å². The van der Waals surface area contributed by atoms with E-state index >= 15 is 0 Å². The number of carbonyl (C=O) groups is 1. The highest BCUT2D eigenvalue weighted by molar-refractivity contribution is 5.93. The van der Waals surface area contributed by atoms with Gasteiger partial charge in [-0.05, 0) is 37.8 Å². The van der Waals surface area contributed by atoms with E-state index in [1.807, 2.05) is 6.07 Å². The molecule has 3 heterocycles. The van der Waals surface area contributed by atoms with Crippen molar-refractivity contribution in [1.82, 2.24) is 19.9 Å². The fraction of sp³-hybridized carbons (Fsp3) is 0.444. The quantitative estimate of drug-likeness (QED) is 0.866. The van der Waals surface area contributed by atoms with Crippen LogP contribution in [0.1, 0.15) is 36.0 Å². The Morgan fingerprint density at radius 1 is 1.40 bits per heavy atom. The average Bonchev–Trinajstić information content (AvgIpc) is 3.15. The monoisotopic (exact) mass is 342 g/mol. The van der Waals surface area contributed by atoms with Crippen LogP contribution >= 0.6 is 0 Å². The molecule has 1 fully saturated rings. The highest BCUT2D eigenvalue weighted by Gasteiger charge is 2.19. The molecule has 132 valence electrons. The van der Waals surface area contributed by atoms with Gasteiger partial charge in [-0.2, -0.15) is 0 Å². The standard InChI is InChI=1S/C18H22N4O3/c1-22(10-4-6-13-7-5-11-25-13)18(24)14-12-20-16(21-17(14)23)15-8-2-3-9-19-15/h2-3,8-9,12-13H,4-7,10-11H2,1H3,(H,20,21,23)/t13-/m0/s1. The van der Waals surface area contributed by atoms with Crippen molar-refractivity contribution < 1.29 is 9.53 Å². The highest BCUT2D eigenvalue weighted by atomic mass is 16.5. The summed E-state index contributed by atoms with van der Waals surface area (Å²) >= 11 is 0. The minimum atomic E-state index is -0.452. The molecule has 1 amide bonds. The first-order valence-corrected chi connectivity index (χ1v) is 8.53. The lowest BCUT2D eigenvalue weighted by Crippen LogP contribution is -2.33. The van der Waals surface area contributed by atoms with Crippen molar-refractivity contribution in [2.24, 2.45) is 0 Å². The average molecular weight is 342 g/mol. The van der Waals surface area contributed by atoms with E-state index in [-0.39, 0.29) is 11.5 Å². The van der Waals surface area contributed by atoms with E-state index in [1.165, 1.54) is 6.20 Å². The zero-order valence-corrected chi connectivity index (χ0v) is 14.3. The molecule has 2 aromatic heterocycles. The molecule has 1 saturated heterocycles. The van der Waals surface area contributed by atoms with Gasteiger partial charge in [0.15, 0.2) is 5.82 Å². The van der Waals surface area contributed by atoms with Gasteiger partial charge in [-0.25, -0.2) is 4.98 Å². The summed E-state index contributed by atoms with van der Waals surface area (Å²) < 4.78 is 5.58. The van der Waals surface area contributed by atoms with Crippen molar-refractivity contribution in [3.63, 3.8) is 0 Å². The number of aromatic nitrogens is 3. The maximum atomic E-state index is 12.5. The number of amides is 1. The topological polar surface area (TPSA) is 88.2 Å². The predicted octanol–water partition coefficient (Wildman–Crippen LogP) is 1.86. The zero-order chi connectivity index (χ0) is 17.6. The van der Waals surface area contributed by atoms with Gasteiger partial charge in [-0.15, -0.1) is 0 Å². The van der Waals surface area contributed by atoms with Crippen LogP contribution in [0, 0.1) is 0 Å². The molecule has 25 heavy (non-hydrogen) atoms. The molecule has 0 radical (unpaired) electrons. The second kappa shape index (κ2) is 8.02. The third-order valence-corrected chi connectivity index (χ3v) is 4.33. The third kappa shape index (κ3) is 4.30. The number of nitrogens with one attached hydrogen (secondary N) is 1. The molecule has 2 aromatic rings. The minimum Gasteiger partial charge on any atom is -0.378 e. The Morgan fingerprint density at radius 3 is 2.96 bits per heavy atom. The van der Waals surface area contributed by atoms with Gasteiger partial charge in [-0.3, -0.25) is 14.6 Å². The summed E-state index contributed by atoms with van der Waals surface area (Å²) in [5.74, 6) is 0.0249. The number of ether oxygens (including phenoxy) is 1. The first-order chi connectivity index (χ1) is 12.1. The van der Waals surface area contributed by atoms with Gasteiger partial charge >= 0.3 is 0 Å². The van der Waals surface area contributed by atoms with Gasteiger partial charge in [0, 0.05) is 32.6 Å². The maximum Gasteiger partial charge on any atom is 0.264 e. The number of H-pyrrole nitrogens is 1. The van der Waals surface area contributed by atoms with Gasteiger partial charge in [0.25, 0.3) is 11.5 Å². The van der Waals surface area contributed by atoms with Gasteiger partial charge in [0.1, 0.15) is 11.3 Å². The number of hydrogen-bond acceptors (Lipinski definition) is 5. The lowest BCUT2D eigenvalue weighted by atomic mass is 10.1. The summed E-state index contributed by atoms with van der Waals surface area (Å²) in [4.78, 5) is 37.2. The maximum absolute atomic E-state index is 12.5. The molecule has 1 aliphatic heterocycles. The van der Waals surface area contributed by atoms with Crippen LogP contribution in [0.2, 0.25) is 0 Å². The molecule has 1 N–H and O–H groups in total. The number of nitrogens with zero attached hydrogens (tertiary/aromatic N) is 3. The number of carbonyl (C=O) groups excluding carboxylic acids is 1. The van der Waals surface area contributed by atoms with E-state index in [1.54, 1.807) is 30.3 Å². The van der Waals surface area contributed by atoms with E-state index in [2.05, 4.69) is 15.0 Å². The minimum absolute atomic E-state index is 0.0410. The third-order valence-electron chi connectivity index (χ3n) is 4.33. The van der Waals surface area contributed by atoms with Gasteiger partial charge in [0.05, 0.1) is 6.10 Å². The van der Waals surface area contributed by atoms with Gasteiger partial charge in [0.2, 0.25) is 0 Å². The molecule has 0 bridgehead atoms. The summed E-state index contributed by atoms with van der Waals surface area (Å²) in [6.07, 6.45) is 7.25. The van der Waals surface area contributed by atoms with Crippen molar-refractivity contribution in [3.8, 4) is 11.5 Å². The summed E-state index contributed by atoms with van der Waals surface area (Å²) in [6, 6.07) is 5.34. The van der Waals surface area contributed by atoms with Crippen molar-refractivity contribution in [2.75, 3.05) is 20.2 Å².